The number of benzene rings is 2. The molecule has 6 heteroatoms. The van der Waals surface area contributed by atoms with E-state index in [4.69, 9.17) is 9.47 Å². The Morgan fingerprint density at radius 3 is 2.73 bits per heavy atom. The molecule has 1 aliphatic heterocycles. The number of aliphatic hydroxyl groups is 1. The second kappa shape index (κ2) is 7.46. The van der Waals surface area contributed by atoms with Crippen LogP contribution in [0.2, 0.25) is 0 Å². The van der Waals surface area contributed by atoms with Gasteiger partial charge in [0, 0.05) is 23.2 Å². The quantitative estimate of drug-likeness (QED) is 0.687. The van der Waals surface area contributed by atoms with E-state index in [-0.39, 0.29) is 25.2 Å². The van der Waals surface area contributed by atoms with Gasteiger partial charge in [0.15, 0.2) is 11.5 Å². The van der Waals surface area contributed by atoms with Crippen LogP contribution < -0.4 is 14.4 Å². The van der Waals surface area contributed by atoms with Crippen molar-refractivity contribution in [2.45, 2.75) is 26.4 Å². The number of aromatic nitrogens is 1. The third kappa shape index (κ3) is 3.39. The summed E-state index contributed by atoms with van der Waals surface area (Å²) in [6.45, 7) is 2.11. The average molecular weight is 402 g/mol. The Balaban J connectivity index is 1.60. The Hall–Kier alpha value is -3.38. The molecule has 2 aromatic carbocycles. The lowest BCUT2D eigenvalue weighted by molar-refractivity contribution is -0.119. The van der Waals surface area contributed by atoms with E-state index in [2.05, 4.69) is 4.98 Å². The number of pyridine rings is 1. The first-order chi connectivity index (χ1) is 14.6. The maximum Gasteiger partial charge on any atom is 0.234 e. The number of rotatable bonds is 5. The molecule has 5 rings (SSSR count). The van der Waals surface area contributed by atoms with Crippen LogP contribution in [-0.2, 0) is 11.4 Å². The Morgan fingerprint density at radius 1 is 1.10 bits per heavy atom. The highest BCUT2D eigenvalue weighted by atomic mass is 16.7. The molecular weight excluding hydrogens is 380 g/mol. The largest absolute Gasteiger partial charge is 0.454 e. The van der Waals surface area contributed by atoms with Crippen molar-refractivity contribution in [3.8, 4) is 22.6 Å². The minimum atomic E-state index is -0.0243. The van der Waals surface area contributed by atoms with Gasteiger partial charge in [0.2, 0.25) is 12.7 Å². The Morgan fingerprint density at radius 2 is 1.93 bits per heavy atom. The molecule has 0 saturated heterocycles. The first-order valence-corrected chi connectivity index (χ1v) is 10.0. The summed E-state index contributed by atoms with van der Waals surface area (Å²) in [6, 6.07) is 15.3. The number of aliphatic hydroxyl groups excluding tert-OH is 1. The zero-order valence-electron chi connectivity index (χ0n) is 16.7. The molecule has 0 spiro atoms. The highest BCUT2D eigenvalue weighted by Gasteiger charge is 2.35. The Kier molecular flexibility index (Phi) is 4.64. The van der Waals surface area contributed by atoms with Crippen molar-refractivity contribution < 1.29 is 19.4 Å². The maximum atomic E-state index is 13.2. The second-order valence-electron chi connectivity index (χ2n) is 7.67. The van der Waals surface area contributed by atoms with Gasteiger partial charge in [0.05, 0.1) is 24.2 Å². The molecule has 1 amide bonds. The van der Waals surface area contributed by atoms with Crippen LogP contribution in [0.15, 0.2) is 54.7 Å². The van der Waals surface area contributed by atoms with Crippen LogP contribution in [0.5, 0.6) is 11.5 Å². The lowest BCUT2D eigenvalue weighted by atomic mass is 10.0. The summed E-state index contributed by atoms with van der Waals surface area (Å²) in [5.74, 6) is 1.42. The topological polar surface area (TPSA) is 71.9 Å². The standard InChI is InChI=1S/C24H22N2O4/c1-15-21(18-4-2-3-16(9-18)13-27)10-20(12-25-15)26(24(28)17-5-6-17)19-7-8-22-23(11-19)30-14-29-22/h2-4,7-12,17,27H,5-6,13-14H2,1H3. The summed E-state index contributed by atoms with van der Waals surface area (Å²) >= 11 is 0. The molecule has 1 N–H and O–H groups in total. The minimum absolute atomic E-state index is 0.0243. The first-order valence-electron chi connectivity index (χ1n) is 10.0. The lowest BCUT2D eigenvalue weighted by Crippen LogP contribution is -2.27. The third-order valence-electron chi connectivity index (χ3n) is 5.51. The van der Waals surface area contributed by atoms with Gasteiger partial charge in [-0.15, -0.1) is 0 Å². The first kappa shape index (κ1) is 18.6. The van der Waals surface area contributed by atoms with Crippen molar-refractivity contribution in [2.75, 3.05) is 11.7 Å². The SMILES string of the molecule is Cc1ncc(N(C(=O)C2CC2)c2ccc3c(c2)OCO3)cc1-c1cccc(CO)c1. The maximum absolute atomic E-state index is 13.2. The molecule has 30 heavy (non-hydrogen) atoms. The van der Waals surface area contributed by atoms with Gasteiger partial charge in [0.1, 0.15) is 0 Å². The number of fused-ring (bicyclic) bond motifs is 1. The number of aryl methyl sites for hydroxylation is 1. The molecule has 1 aromatic heterocycles. The molecule has 1 saturated carbocycles. The molecule has 0 unspecified atom stereocenters. The minimum Gasteiger partial charge on any atom is -0.454 e. The fourth-order valence-corrected chi connectivity index (χ4v) is 3.71. The van der Waals surface area contributed by atoms with Crippen molar-refractivity contribution in [3.05, 3.63) is 66.0 Å². The van der Waals surface area contributed by atoms with Gasteiger partial charge in [-0.05, 0) is 55.2 Å². The van der Waals surface area contributed by atoms with E-state index in [0.717, 1.165) is 40.9 Å². The van der Waals surface area contributed by atoms with Gasteiger partial charge in [-0.2, -0.15) is 0 Å². The predicted octanol–water partition coefficient (Wildman–Crippen LogP) is 4.35. The fourth-order valence-electron chi connectivity index (χ4n) is 3.71. The summed E-state index contributed by atoms with van der Waals surface area (Å²) in [6.07, 6.45) is 3.55. The van der Waals surface area contributed by atoms with Crippen molar-refractivity contribution in [1.29, 1.82) is 0 Å². The fraction of sp³-hybridized carbons (Fsp3) is 0.250. The number of carbonyl (C=O) groups excluding carboxylic acids is 1. The summed E-state index contributed by atoms with van der Waals surface area (Å²) in [4.78, 5) is 19.5. The number of nitrogens with zero attached hydrogens (tertiary/aromatic N) is 2. The van der Waals surface area contributed by atoms with Gasteiger partial charge < -0.3 is 14.6 Å². The summed E-state index contributed by atoms with van der Waals surface area (Å²) in [5.41, 5.74) is 5.02. The van der Waals surface area contributed by atoms with Crippen molar-refractivity contribution in [2.24, 2.45) is 5.92 Å². The number of anilines is 2. The molecule has 0 radical (unpaired) electrons. The van der Waals surface area contributed by atoms with Gasteiger partial charge in [-0.1, -0.05) is 18.2 Å². The molecular formula is C24H22N2O4. The van der Waals surface area contributed by atoms with Crippen LogP contribution in [0.4, 0.5) is 11.4 Å². The molecule has 6 nitrogen and oxygen atoms in total. The number of amides is 1. The lowest BCUT2D eigenvalue weighted by Gasteiger charge is -2.24. The zero-order chi connectivity index (χ0) is 20.7. The molecule has 152 valence electrons. The van der Waals surface area contributed by atoms with E-state index in [1.54, 1.807) is 11.1 Å². The van der Waals surface area contributed by atoms with E-state index in [9.17, 15) is 9.90 Å². The highest BCUT2D eigenvalue weighted by Crippen LogP contribution is 2.41. The van der Waals surface area contributed by atoms with Gasteiger partial charge >= 0.3 is 0 Å². The van der Waals surface area contributed by atoms with Crippen molar-refractivity contribution in [3.63, 3.8) is 0 Å². The molecule has 3 aromatic rings. The zero-order valence-corrected chi connectivity index (χ0v) is 16.7. The van der Waals surface area contributed by atoms with Gasteiger partial charge in [-0.25, -0.2) is 0 Å². The average Bonchev–Trinajstić information content (AvgIpc) is 3.52. The Labute approximate surface area is 174 Å². The summed E-state index contributed by atoms with van der Waals surface area (Å²) in [7, 11) is 0. The number of ether oxygens (including phenoxy) is 2. The van der Waals surface area contributed by atoms with Crippen LogP contribution in [0, 0.1) is 12.8 Å². The van der Waals surface area contributed by atoms with Gasteiger partial charge in [0.25, 0.3) is 0 Å². The van der Waals surface area contributed by atoms with E-state index in [1.807, 2.05) is 55.5 Å². The number of hydrogen-bond donors (Lipinski definition) is 1. The predicted molar refractivity (Wildman–Crippen MR) is 113 cm³/mol. The molecule has 1 aliphatic carbocycles. The van der Waals surface area contributed by atoms with Crippen LogP contribution >= 0.6 is 0 Å². The summed E-state index contributed by atoms with van der Waals surface area (Å²) < 4.78 is 10.9. The molecule has 0 bridgehead atoms. The molecule has 2 aliphatic rings. The van der Waals surface area contributed by atoms with Crippen molar-refractivity contribution in [1.82, 2.24) is 4.98 Å². The molecule has 2 heterocycles. The van der Waals surface area contributed by atoms with E-state index in [0.29, 0.717) is 17.2 Å². The summed E-state index contributed by atoms with van der Waals surface area (Å²) in [5, 5.41) is 9.50. The van der Waals surface area contributed by atoms with Crippen molar-refractivity contribution >= 4 is 17.3 Å². The third-order valence-corrected chi connectivity index (χ3v) is 5.51. The Bertz CT molecular complexity index is 1120. The highest BCUT2D eigenvalue weighted by molar-refractivity contribution is 6.03. The number of carbonyl (C=O) groups is 1. The van der Waals surface area contributed by atoms with Crippen LogP contribution in [0.3, 0.4) is 0 Å². The van der Waals surface area contributed by atoms with Crippen LogP contribution in [-0.4, -0.2) is 22.8 Å². The smallest absolute Gasteiger partial charge is 0.234 e. The van der Waals surface area contributed by atoms with Gasteiger partial charge in [-0.3, -0.25) is 14.7 Å². The monoisotopic (exact) mass is 402 g/mol. The van der Waals surface area contributed by atoms with Crippen LogP contribution in [0.25, 0.3) is 11.1 Å². The number of hydrogen-bond acceptors (Lipinski definition) is 5. The van der Waals surface area contributed by atoms with E-state index < -0.39 is 0 Å². The van der Waals surface area contributed by atoms with E-state index >= 15 is 0 Å². The van der Waals surface area contributed by atoms with Crippen LogP contribution in [0.1, 0.15) is 24.1 Å². The molecule has 0 atom stereocenters. The van der Waals surface area contributed by atoms with E-state index in [1.165, 1.54) is 0 Å². The normalized spacial score (nSPS) is 14.6. The second-order valence-corrected chi connectivity index (χ2v) is 7.67. The molecule has 1 fully saturated rings.